The molecule has 0 unspecified atom stereocenters. The van der Waals surface area contributed by atoms with Crippen LogP contribution in [0.3, 0.4) is 0 Å². The van der Waals surface area contributed by atoms with Crippen LogP contribution >= 0.6 is 23.2 Å². The molecule has 0 heterocycles. The second kappa shape index (κ2) is 8.75. The fourth-order valence-electron chi connectivity index (χ4n) is 2.76. The van der Waals surface area contributed by atoms with Gasteiger partial charge in [-0.25, -0.2) is 0 Å². The molecule has 0 bridgehead atoms. The Morgan fingerprint density at radius 3 is 2.21 bits per heavy atom. The number of carbonyl (C=O) groups excluding carboxylic acids is 1. The van der Waals surface area contributed by atoms with Crippen LogP contribution in [-0.4, -0.2) is 12.5 Å². The van der Waals surface area contributed by atoms with E-state index >= 15 is 0 Å². The van der Waals surface area contributed by atoms with Crippen LogP contribution in [0.1, 0.15) is 58.2 Å². The fraction of sp³-hybridized carbons (Fsp3) is 0.435. The first-order valence-corrected chi connectivity index (χ1v) is 10.1. The van der Waals surface area contributed by atoms with E-state index in [2.05, 4.69) is 59.0 Å². The van der Waals surface area contributed by atoms with Crippen LogP contribution in [0, 0.1) is 0 Å². The first-order valence-electron chi connectivity index (χ1n) is 9.36. The Kier molecular flexibility index (Phi) is 7.06. The Bertz CT molecular complexity index is 849. The van der Waals surface area contributed by atoms with E-state index in [4.69, 9.17) is 27.9 Å². The molecule has 1 N–H and O–H groups in total. The molecule has 5 heteroatoms. The highest BCUT2D eigenvalue weighted by Crippen LogP contribution is 2.35. The van der Waals surface area contributed by atoms with Gasteiger partial charge in [0.15, 0.2) is 6.61 Å². The van der Waals surface area contributed by atoms with Crippen molar-refractivity contribution < 1.29 is 9.53 Å². The first kappa shape index (κ1) is 22.6. The topological polar surface area (TPSA) is 38.3 Å². The van der Waals surface area contributed by atoms with Gasteiger partial charge in [-0.3, -0.25) is 4.79 Å². The number of amides is 1. The number of carbonyl (C=O) groups is 1. The Morgan fingerprint density at radius 2 is 1.64 bits per heavy atom. The number of ether oxygens (including phenoxy) is 1. The third-order valence-electron chi connectivity index (χ3n) is 4.50. The van der Waals surface area contributed by atoms with E-state index in [1.54, 1.807) is 18.2 Å². The predicted octanol–water partition coefficient (Wildman–Crippen LogP) is 6.28. The molecule has 0 aliphatic rings. The minimum Gasteiger partial charge on any atom is -0.483 e. The molecule has 0 atom stereocenters. The summed E-state index contributed by atoms with van der Waals surface area (Å²) in [6.07, 6.45) is 0. The van der Waals surface area contributed by atoms with Gasteiger partial charge in [-0.15, -0.1) is 0 Å². The maximum absolute atomic E-state index is 12.2. The summed E-state index contributed by atoms with van der Waals surface area (Å²) in [5.74, 6) is 0.533. The quantitative estimate of drug-likeness (QED) is 0.616. The molecule has 0 aliphatic heterocycles. The summed E-state index contributed by atoms with van der Waals surface area (Å²) in [5, 5.41) is 3.93. The summed E-state index contributed by atoms with van der Waals surface area (Å²) in [4.78, 5) is 12.2. The molecule has 1 amide bonds. The minimum atomic E-state index is -0.203. The van der Waals surface area contributed by atoms with E-state index in [1.165, 1.54) is 5.56 Å². The number of halogens is 2. The second-order valence-corrected chi connectivity index (χ2v) is 9.86. The highest BCUT2D eigenvalue weighted by molar-refractivity contribution is 6.35. The van der Waals surface area contributed by atoms with Crippen LogP contribution < -0.4 is 10.1 Å². The third-order valence-corrected chi connectivity index (χ3v) is 5.09. The van der Waals surface area contributed by atoms with Crippen molar-refractivity contribution in [3.8, 4) is 5.75 Å². The standard InChI is InChI=1S/C23H29Cl2NO2/c1-22(2,3)16-8-10-20(18(11-16)23(4,5)6)28-14-21(27)26-13-15-7-9-17(24)12-19(15)25/h7-12H,13-14H2,1-6H3,(H,26,27). The minimum absolute atomic E-state index is 0.0494. The molecule has 0 aliphatic carbocycles. The number of hydrogen-bond acceptors (Lipinski definition) is 2. The summed E-state index contributed by atoms with van der Waals surface area (Å²) >= 11 is 12.0. The van der Waals surface area contributed by atoms with Gasteiger partial charge < -0.3 is 10.1 Å². The van der Waals surface area contributed by atoms with Gasteiger partial charge in [-0.1, -0.05) is 82.9 Å². The maximum Gasteiger partial charge on any atom is 0.258 e. The summed E-state index contributed by atoms with van der Waals surface area (Å²) in [6, 6.07) is 11.4. The molecule has 152 valence electrons. The summed E-state index contributed by atoms with van der Waals surface area (Å²) in [7, 11) is 0. The average Bonchev–Trinajstić information content (AvgIpc) is 2.57. The fourth-order valence-corrected chi connectivity index (χ4v) is 3.24. The molecule has 2 aromatic carbocycles. The smallest absolute Gasteiger partial charge is 0.258 e. The maximum atomic E-state index is 12.2. The molecule has 0 fully saturated rings. The lowest BCUT2D eigenvalue weighted by Gasteiger charge is -2.27. The molecule has 0 radical (unpaired) electrons. The molecule has 2 aromatic rings. The summed E-state index contributed by atoms with van der Waals surface area (Å²) < 4.78 is 5.86. The van der Waals surface area contributed by atoms with E-state index in [0.717, 1.165) is 16.9 Å². The van der Waals surface area contributed by atoms with Crippen molar-refractivity contribution >= 4 is 29.1 Å². The molecular weight excluding hydrogens is 393 g/mol. The lowest BCUT2D eigenvalue weighted by atomic mass is 9.80. The zero-order valence-corrected chi connectivity index (χ0v) is 19.0. The van der Waals surface area contributed by atoms with Crippen LogP contribution in [0.15, 0.2) is 36.4 Å². The van der Waals surface area contributed by atoms with Crippen molar-refractivity contribution in [2.24, 2.45) is 0 Å². The van der Waals surface area contributed by atoms with Gasteiger partial charge in [0.25, 0.3) is 5.91 Å². The van der Waals surface area contributed by atoms with Crippen LogP contribution in [-0.2, 0) is 22.2 Å². The zero-order chi connectivity index (χ0) is 21.1. The Morgan fingerprint density at radius 1 is 0.964 bits per heavy atom. The molecular formula is C23H29Cl2NO2. The van der Waals surface area contributed by atoms with E-state index in [1.807, 2.05) is 6.07 Å². The van der Waals surface area contributed by atoms with Gasteiger partial charge in [0.1, 0.15) is 5.75 Å². The van der Waals surface area contributed by atoms with Crippen molar-refractivity contribution in [1.82, 2.24) is 5.32 Å². The van der Waals surface area contributed by atoms with E-state index in [0.29, 0.717) is 16.6 Å². The predicted molar refractivity (Wildman–Crippen MR) is 118 cm³/mol. The van der Waals surface area contributed by atoms with Gasteiger partial charge in [0.2, 0.25) is 0 Å². The second-order valence-electron chi connectivity index (χ2n) is 9.01. The monoisotopic (exact) mass is 421 g/mol. The van der Waals surface area contributed by atoms with Crippen LogP contribution in [0.5, 0.6) is 5.75 Å². The zero-order valence-electron chi connectivity index (χ0n) is 17.5. The van der Waals surface area contributed by atoms with Crippen molar-refractivity contribution in [1.29, 1.82) is 0 Å². The molecule has 3 nitrogen and oxygen atoms in total. The van der Waals surface area contributed by atoms with Crippen LogP contribution in [0.4, 0.5) is 0 Å². The van der Waals surface area contributed by atoms with E-state index in [9.17, 15) is 4.79 Å². The van der Waals surface area contributed by atoms with Gasteiger partial charge in [0.05, 0.1) is 0 Å². The number of benzene rings is 2. The number of hydrogen-bond donors (Lipinski definition) is 1. The molecule has 28 heavy (non-hydrogen) atoms. The molecule has 0 spiro atoms. The van der Waals surface area contributed by atoms with E-state index < -0.39 is 0 Å². The highest BCUT2D eigenvalue weighted by Gasteiger charge is 2.23. The van der Waals surface area contributed by atoms with Gasteiger partial charge in [-0.05, 0) is 45.7 Å². The van der Waals surface area contributed by atoms with Crippen molar-refractivity contribution in [3.05, 3.63) is 63.1 Å². The molecule has 0 saturated heterocycles. The lowest BCUT2D eigenvalue weighted by molar-refractivity contribution is -0.123. The molecule has 0 saturated carbocycles. The lowest BCUT2D eigenvalue weighted by Crippen LogP contribution is -2.29. The van der Waals surface area contributed by atoms with Crippen molar-refractivity contribution in [2.45, 2.75) is 58.9 Å². The Hall–Kier alpha value is -1.71. The number of nitrogens with one attached hydrogen (secondary N) is 1. The van der Waals surface area contributed by atoms with Gasteiger partial charge in [-0.2, -0.15) is 0 Å². The largest absolute Gasteiger partial charge is 0.483 e. The van der Waals surface area contributed by atoms with Crippen molar-refractivity contribution in [2.75, 3.05) is 6.61 Å². The van der Waals surface area contributed by atoms with Crippen LogP contribution in [0.25, 0.3) is 0 Å². The van der Waals surface area contributed by atoms with Gasteiger partial charge >= 0.3 is 0 Å². The number of rotatable bonds is 5. The molecule has 2 rings (SSSR count). The summed E-state index contributed by atoms with van der Waals surface area (Å²) in [5.41, 5.74) is 3.10. The average molecular weight is 422 g/mol. The van der Waals surface area contributed by atoms with Gasteiger partial charge in [0, 0.05) is 16.6 Å². The molecule has 0 aromatic heterocycles. The van der Waals surface area contributed by atoms with Crippen molar-refractivity contribution in [3.63, 3.8) is 0 Å². The van der Waals surface area contributed by atoms with Crippen LogP contribution in [0.2, 0.25) is 10.0 Å². The Balaban J connectivity index is 2.05. The summed E-state index contributed by atoms with van der Waals surface area (Å²) in [6.45, 7) is 13.3. The Labute approximate surface area is 178 Å². The van der Waals surface area contributed by atoms with E-state index in [-0.39, 0.29) is 23.3 Å². The normalized spacial score (nSPS) is 12.0. The SMILES string of the molecule is CC(C)(C)c1ccc(OCC(=O)NCc2ccc(Cl)cc2Cl)c(C(C)(C)C)c1. The first-order chi connectivity index (χ1) is 12.9. The highest BCUT2D eigenvalue weighted by atomic mass is 35.5. The third kappa shape index (κ3) is 6.15.